The van der Waals surface area contributed by atoms with Crippen molar-refractivity contribution >= 4 is 16.0 Å². The van der Waals surface area contributed by atoms with Crippen LogP contribution in [0.2, 0.25) is 0 Å². The molecule has 20 heavy (non-hydrogen) atoms. The normalized spacial score (nSPS) is 11.5. The molecule has 0 radical (unpaired) electrons. The first-order valence-electron chi connectivity index (χ1n) is 6.33. The Labute approximate surface area is 119 Å². The maximum Gasteiger partial charge on any atom is 0.303 e. The molecule has 1 rings (SSSR count). The van der Waals surface area contributed by atoms with Gasteiger partial charge in [0.1, 0.15) is 0 Å². The molecule has 0 fully saturated rings. The smallest absolute Gasteiger partial charge is 0.303 e. The first-order valence-corrected chi connectivity index (χ1v) is 7.77. The maximum absolute atomic E-state index is 12.3. The molecule has 0 saturated heterocycles. The summed E-state index contributed by atoms with van der Waals surface area (Å²) in [4.78, 5) is 10.7. The summed E-state index contributed by atoms with van der Waals surface area (Å²) in [6.45, 7) is 5.95. The van der Waals surface area contributed by atoms with E-state index in [9.17, 15) is 13.2 Å². The van der Waals surface area contributed by atoms with Gasteiger partial charge in [0.25, 0.3) is 0 Å². The zero-order chi connectivity index (χ0) is 15.2. The number of aliphatic carboxylic acids is 1. The summed E-state index contributed by atoms with van der Waals surface area (Å²) in [7, 11) is -3.52. The van der Waals surface area contributed by atoms with Crippen LogP contribution >= 0.6 is 0 Å². The lowest BCUT2D eigenvalue weighted by molar-refractivity contribution is -0.136. The lowest BCUT2D eigenvalue weighted by Crippen LogP contribution is -2.30. The average molecular weight is 297 g/mol. The third-order valence-corrected chi connectivity index (χ3v) is 4.83. The van der Waals surface area contributed by atoms with Gasteiger partial charge in [0.2, 0.25) is 10.0 Å². The van der Waals surface area contributed by atoms with Crippen molar-refractivity contribution in [2.24, 2.45) is 0 Å². The molecule has 0 aliphatic heterocycles. The molecule has 0 heterocycles. The molecule has 1 aromatic rings. The number of hydrogen-bond acceptors (Lipinski definition) is 3. The van der Waals surface area contributed by atoms with Crippen molar-refractivity contribution in [3.8, 4) is 0 Å². The van der Waals surface area contributed by atoms with Crippen molar-refractivity contribution < 1.29 is 18.3 Å². The topological polar surface area (TPSA) is 74.7 Å². The highest BCUT2D eigenvalue weighted by molar-refractivity contribution is 7.89. The van der Waals surface area contributed by atoms with E-state index in [1.807, 2.05) is 0 Å². The Morgan fingerprint density at radius 2 is 1.95 bits per heavy atom. The molecule has 0 saturated carbocycles. The fourth-order valence-electron chi connectivity index (χ4n) is 1.77. The van der Waals surface area contributed by atoms with E-state index in [0.717, 1.165) is 5.56 Å². The number of hydrogen-bond donors (Lipinski definition) is 1. The van der Waals surface area contributed by atoms with Crippen LogP contribution in [0.15, 0.2) is 41.8 Å². The van der Waals surface area contributed by atoms with Crippen molar-refractivity contribution in [2.45, 2.75) is 24.7 Å². The average Bonchev–Trinajstić information content (AvgIpc) is 2.42. The van der Waals surface area contributed by atoms with Crippen molar-refractivity contribution in [3.05, 3.63) is 42.5 Å². The van der Waals surface area contributed by atoms with Gasteiger partial charge in [-0.25, -0.2) is 8.42 Å². The lowest BCUT2D eigenvalue weighted by Gasteiger charge is -2.18. The molecule has 0 unspecified atom stereocenters. The molecular weight excluding hydrogens is 278 g/mol. The molecule has 5 nitrogen and oxygen atoms in total. The Morgan fingerprint density at radius 3 is 2.40 bits per heavy atom. The van der Waals surface area contributed by atoms with Gasteiger partial charge >= 0.3 is 5.97 Å². The van der Waals surface area contributed by atoms with E-state index in [2.05, 4.69) is 6.58 Å². The summed E-state index contributed by atoms with van der Waals surface area (Å²) in [6, 6.07) is 6.33. The van der Waals surface area contributed by atoms with Crippen molar-refractivity contribution in [3.63, 3.8) is 0 Å². The molecule has 0 aliphatic rings. The van der Waals surface area contributed by atoms with Gasteiger partial charge in [-0.1, -0.05) is 25.1 Å². The Hall–Kier alpha value is -1.66. The second-order valence-electron chi connectivity index (χ2n) is 4.28. The highest BCUT2D eigenvalue weighted by Gasteiger charge is 2.21. The van der Waals surface area contributed by atoms with Crippen LogP contribution in [0.5, 0.6) is 0 Å². The van der Waals surface area contributed by atoms with E-state index in [4.69, 9.17) is 5.11 Å². The van der Waals surface area contributed by atoms with Crippen LogP contribution in [-0.2, 0) is 21.2 Å². The Morgan fingerprint density at radius 1 is 1.35 bits per heavy atom. The number of rotatable bonds is 8. The SMILES string of the molecule is C=CCN(CC)S(=O)(=O)c1ccc(CCC(=O)O)cc1. The number of carbonyl (C=O) groups is 1. The quantitative estimate of drug-likeness (QED) is 0.744. The molecule has 0 spiro atoms. The van der Waals surface area contributed by atoms with Gasteiger partial charge in [-0.05, 0) is 24.1 Å². The maximum atomic E-state index is 12.3. The van der Waals surface area contributed by atoms with Gasteiger partial charge < -0.3 is 5.11 Å². The zero-order valence-corrected chi connectivity index (χ0v) is 12.3. The number of nitrogens with zero attached hydrogens (tertiary/aromatic N) is 1. The van der Waals surface area contributed by atoms with Crippen molar-refractivity contribution in [2.75, 3.05) is 13.1 Å². The Kier molecular flexibility index (Phi) is 5.91. The first-order chi connectivity index (χ1) is 9.41. The molecule has 0 amide bonds. The van der Waals surface area contributed by atoms with Gasteiger partial charge in [-0.2, -0.15) is 4.31 Å². The first kappa shape index (κ1) is 16.4. The molecule has 0 atom stereocenters. The highest BCUT2D eigenvalue weighted by Crippen LogP contribution is 2.17. The monoisotopic (exact) mass is 297 g/mol. The fraction of sp³-hybridized carbons (Fsp3) is 0.357. The van der Waals surface area contributed by atoms with Crippen LogP contribution in [0.3, 0.4) is 0 Å². The largest absolute Gasteiger partial charge is 0.481 e. The highest BCUT2D eigenvalue weighted by atomic mass is 32.2. The van der Waals surface area contributed by atoms with Crippen LogP contribution in [0.25, 0.3) is 0 Å². The summed E-state index contributed by atoms with van der Waals surface area (Å²) < 4.78 is 26.0. The zero-order valence-electron chi connectivity index (χ0n) is 11.4. The van der Waals surface area contributed by atoms with E-state index in [1.54, 1.807) is 25.1 Å². The number of likely N-dealkylation sites (N-methyl/N-ethyl adjacent to an activating group) is 1. The Bertz CT molecular complexity index is 563. The minimum absolute atomic E-state index is 0.0314. The van der Waals surface area contributed by atoms with Crippen molar-refractivity contribution in [1.29, 1.82) is 0 Å². The minimum Gasteiger partial charge on any atom is -0.481 e. The molecule has 0 bridgehead atoms. The second kappa shape index (κ2) is 7.21. The number of carboxylic acids is 1. The Balaban J connectivity index is 2.91. The van der Waals surface area contributed by atoms with Crippen LogP contribution in [-0.4, -0.2) is 36.9 Å². The summed E-state index contributed by atoms with van der Waals surface area (Å²) in [6.07, 6.45) is 1.96. The second-order valence-corrected chi connectivity index (χ2v) is 6.22. The summed E-state index contributed by atoms with van der Waals surface area (Å²) in [5, 5.41) is 8.61. The number of aryl methyl sites for hydroxylation is 1. The van der Waals surface area contributed by atoms with E-state index in [0.29, 0.717) is 13.0 Å². The third kappa shape index (κ3) is 4.18. The van der Waals surface area contributed by atoms with E-state index < -0.39 is 16.0 Å². The number of carboxylic acid groups (broad SMARTS) is 1. The minimum atomic E-state index is -3.52. The summed E-state index contributed by atoms with van der Waals surface area (Å²) in [5.41, 5.74) is 0.804. The van der Waals surface area contributed by atoms with Crippen LogP contribution in [0.1, 0.15) is 18.9 Å². The lowest BCUT2D eigenvalue weighted by atomic mass is 10.1. The molecule has 1 aromatic carbocycles. The van der Waals surface area contributed by atoms with E-state index in [-0.39, 0.29) is 17.9 Å². The van der Waals surface area contributed by atoms with Gasteiger partial charge in [-0.15, -0.1) is 6.58 Å². The van der Waals surface area contributed by atoms with Crippen molar-refractivity contribution in [1.82, 2.24) is 4.31 Å². The summed E-state index contributed by atoms with van der Waals surface area (Å²) in [5.74, 6) is -0.871. The summed E-state index contributed by atoms with van der Waals surface area (Å²) >= 11 is 0. The van der Waals surface area contributed by atoms with Gasteiger partial charge in [0.15, 0.2) is 0 Å². The number of benzene rings is 1. The van der Waals surface area contributed by atoms with Crippen LogP contribution < -0.4 is 0 Å². The van der Waals surface area contributed by atoms with Gasteiger partial charge in [0.05, 0.1) is 4.90 Å². The molecule has 110 valence electrons. The van der Waals surface area contributed by atoms with E-state index in [1.165, 1.54) is 16.4 Å². The van der Waals surface area contributed by atoms with Crippen LogP contribution in [0.4, 0.5) is 0 Å². The van der Waals surface area contributed by atoms with E-state index >= 15 is 0 Å². The molecule has 6 heteroatoms. The predicted molar refractivity (Wildman–Crippen MR) is 77.0 cm³/mol. The fourth-order valence-corrected chi connectivity index (χ4v) is 3.19. The molecule has 1 N–H and O–H groups in total. The molecular formula is C14H19NO4S. The molecule has 0 aromatic heterocycles. The predicted octanol–water partition coefficient (Wildman–Crippen LogP) is 1.90. The number of sulfonamides is 1. The van der Waals surface area contributed by atoms with Gasteiger partial charge in [0, 0.05) is 19.5 Å². The third-order valence-electron chi connectivity index (χ3n) is 2.87. The standard InChI is InChI=1S/C14H19NO4S/c1-3-11-15(4-2)20(18,19)13-8-5-12(6-9-13)7-10-14(16)17/h3,5-6,8-9H,1,4,7,10-11H2,2H3,(H,16,17). The van der Waals surface area contributed by atoms with Gasteiger partial charge in [-0.3, -0.25) is 4.79 Å². The van der Waals surface area contributed by atoms with Crippen LogP contribution in [0, 0.1) is 0 Å². The molecule has 0 aliphatic carbocycles.